The van der Waals surface area contributed by atoms with E-state index in [1.165, 1.54) is 0 Å². The van der Waals surface area contributed by atoms with Crippen LogP contribution in [0.1, 0.15) is 17.5 Å². The van der Waals surface area contributed by atoms with Crippen molar-refractivity contribution in [2.45, 2.75) is 6.42 Å². The quantitative estimate of drug-likeness (QED) is 0.478. The second kappa shape index (κ2) is 5.80. The van der Waals surface area contributed by atoms with E-state index >= 15 is 0 Å². The summed E-state index contributed by atoms with van der Waals surface area (Å²) in [6.45, 7) is 0. The number of carbonyl (C=O) groups is 1. The fourth-order valence-electron chi connectivity index (χ4n) is 1.79. The van der Waals surface area contributed by atoms with Crippen molar-refractivity contribution in [2.75, 3.05) is 0 Å². The third kappa shape index (κ3) is 3.18. The lowest BCUT2D eigenvalue weighted by molar-refractivity contribution is -0.117. The predicted octanol–water partition coefficient (Wildman–Crippen LogP) is 1.82. The largest absolute Gasteiger partial charge is 0.290 e. The van der Waals surface area contributed by atoms with E-state index < -0.39 is 0 Å². The molecule has 2 rings (SSSR count). The van der Waals surface area contributed by atoms with E-state index in [0.29, 0.717) is 17.6 Å². The van der Waals surface area contributed by atoms with Crippen LogP contribution in [0, 0.1) is 11.3 Å². The Morgan fingerprint density at radius 2 is 2.05 bits per heavy atom. The maximum absolute atomic E-state index is 11.3. The van der Waals surface area contributed by atoms with Gasteiger partial charge in [-0.3, -0.25) is 10.2 Å². The summed E-state index contributed by atoms with van der Waals surface area (Å²) in [5.74, 6) is 4.79. The summed E-state index contributed by atoms with van der Waals surface area (Å²) in [5, 5.41) is 8.72. The van der Waals surface area contributed by atoms with Gasteiger partial charge >= 0.3 is 0 Å². The number of hydrogen-bond acceptors (Lipinski definition) is 3. The summed E-state index contributed by atoms with van der Waals surface area (Å²) in [5.41, 5.74) is 5.44. The molecule has 0 heterocycles. The number of hydrazine groups is 1. The number of rotatable bonds is 2. The van der Waals surface area contributed by atoms with Gasteiger partial charge < -0.3 is 0 Å². The Labute approximate surface area is 111 Å². The van der Waals surface area contributed by atoms with Crippen LogP contribution in [0.2, 0.25) is 0 Å². The maximum Gasteiger partial charge on any atom is 0.264 e. The molecule has 1 aliphatic rings. The van der Waals surface area contributed by atoms with Gasteiger partial charge in [-0.15, -0.1) is 0 Å². The van der Waals surface area contributed by atoms with Gasteiger partial charge in [-0.1, -0.05) is 30.4 Å². The van der Waals surface area contributed by atoms with Crippen LogP contribution in [0.5, 0.6) is 0 Å². The van der Waals surface area contributed by atoms with Crippen molar-refractivity contribution >= 4 is 12.0 Å². The molecule has 0 radical (unpaired) electrons. The topological polar surface area (TPSA) is 78.9 Å². The third-order valence-electron chi connectivity index (χ3n) is 2.82. The fraction of sp³-hybridized carbons (Fsp3) is 0.0667. The zero-order valence-corrected chi connectivity index (χ0v) is 10.3. The van der Waals surface area contributed by atoms with Crippen molar-refractivity contribution < 1.29 is 4.79 Å². The average molecular weight is 251 g/mol. The maximum atomic E-state index is 11.3. The van der Waals surface area contributed by atoms with E-state index in [4.69, 9.17) is 11.1 Å². The molecule has 0 spiro atoms. The van der Waals surface area contributed by atoms with Crippen LogP contribution in [0.25, 0.3) is 6.08 Å². The van der Waals surface area contributed by atoms with E-state index in [2.05, 4.69) is 11.5 Å². The molecule has 4 heteroatoms. The first kappa shape index (κ1) is 12.8. The predicted molar refractivity (Wildman–Crippen MR) is 73.3 cm³/mol. The van der Waals surface area contributed by atoms with E-state index in [1.807, 2.05) is 30.4 Å². The normalized spacial score (nSPS) is 15.8. The Morgan fingerprint density at radius 1 is 1.32 bits per heavy atom. The molecule has 4 nitrogen and oxygen atoms in total. The first-order chi connectivity index (χ1) is 9.22. The van der Waals surface area contributed by atoms with Crippen molar-refractivity contribution in [3.63, 3.8) is 0 Å². The van der Waals surface area contributed by atoms with E-state index in [9.17, 15) is 4.79 Å². The SMILES string of the molecule is N#Cc1ccc(C=C2C=CC(C(=O)NN)=CC2)cc1. The minimum atomic E-state index is -0.284. The van der Waals surface area contributed by atoms with Crippen molar-refractivity contribution in [1.82, 2.24) is 5.43 Å². The average Bonchev–Trinajstić information content (AvgIpc) is 2.48. The molecular weight excluding hydrogens is 238 g/mol. The highest BCUT2D eigenvalue weighted by molar-refractivity contribution is 5.96. The summed E-state index contributed by atoms with van der Waals surface area (Å²) >= 11 is 0. The molecule has 1 aromatic carbocycles. The van der Waals surface area contributed by atoms with E-state index in [1.54, 1.807) is 18.2 Å². The number of nitrogens with two attached hydrogens (primary N) is 1. The molecular formula is C15H13N3O. The second-order valence-corrected chi connectivity index (χ2v) is 4.12. The summed E-state index contributed by atoms with van der Waals surface area (Å²) in [7, 11) is 0. The number of amides is 1. The van der Waals surface area contributed by atoms with Crippen molar-refractivity contribution in [1.29, 1.82) is 5.26 Å². The molecule has 0 fully saturated rings. The van der Waals surface area contributed by atoms with Gasteiger partial charge in [-0.05, 0) is 35.8 Å². The Kier molecular flexibility index (Phi) is 3.91. The third-order valence-corrected chi connectivity index (χ3v) is 2.82. The number of nitriles is 1. The molecule has 19 heavy (non-hydrogen) atoms. The summed E-state index contributed by atoms with van der Waals surface area (Å²) in [6, 6.07) is 9.43. The lowest BCUT2D eigenvalue weighted by Gasteiger charge is -2.08. The van der Waals surface area contributed by atoms with Crippen LogP contribution in [-0.2, 0) is 4.79 Å². The molecule has 3 N–H and O–H groups in total. The molecule has 0 atom stereocenters. The molecule has 1 aromatic rings. The molecule has 0 bridgehead atoms. The van der Waals surface area contributed by atoms with Crippen LogP contribution in [0.3, 0.4) is 0 Å². The van der Waals surface area contributed by atoms with Gasteiger partial charge in [0.2, 0.25) is 0 Å². The van der Waals surface area contributed by atoms with Gasteiger partial charge in [-0.25, -0.2) is 5.84 Å². The molecule has 1 aliphatic carbocycles. The molecule has 0 saturated heterocycles. The Bertz CT molecular complexity index is 616. The first-order valence-electron chi connectivity index (χ1n) is 5.83. The minimum absolute atomic E-state index is 0.284. The Balaban J connectivity index is 2.11. The van der Waals surface area contributed by atoms with Gasteiger partial charge in [0.15, 0.2) is 0 Å². The molecule has 0 saturated carbocycles. The van der Waals surface area contributed by atoms with Crippen molar-refractivity contribution in [2.24, 2.45) is 5.84 Å². The molecule has 94 valence electrons. The first-order valence-corrected chi connectivity index (χ1v) is 5.83. The number of nitrogens with one attached hydrogen (secondary N) is 1. The zero-order valence-electron chi connectivity index (χ0n) is 10.3. The fourth-order valence-corrected chi connectivity index (χ4v) is 1.79. The van der Waals surface area contributed by atoms with Gasteiger partial charge in [-0.2, -0.15) is 5.26 Å². The number of benzene rings is 1. The molecule has 0 aromatic heterocycles. The second-order valence-electron chi connectivity index (χ2n) is 4.12. The molecule has 0 aliphatic heterocycles. The number of allylic oxidation sites excluding steroid dienone is 3. The van der Waals surface area contributed by atoms with E-state index in [-0.39, 0.29) is 5.91 Å². The Morgan fingerprint density at radius 3 is 2.58 bits per heavy atom. The highest BCUT2D eigenvalue weighted by Crippen LogP contribution is 2.18. The summed E-state index contributed by atoms with van der Waals surface area (Å²) < 4.78 is 0. The lowest BCUT2D eigenvalue weighted by Crippen LogP contribution is -2.31. The van der Waals surface area contributed by atoms with E-state index in [0.717, 1.165) is 11.1 Å². The van der Waals surface area contributed by atoms with Crippen LogP contribution in [0.15, 0.2) is 53.6 Å². The van der Waals surface area contributed by atoms with Crippen LogP contribution in [0.4, 0.5) is 0 Å². The molecule has 1 amide bonds. The van der Waals surface area contributed by atoms with Gasteiger partial charge in [0.25, 0.3) is 5.91 Å². The van der Waals surface area contributed by atoms with Gasteiger partial charge in [0, 0.05) is 5.57 Å². The minimum Gasteiger partial charge on any atom is -0.290 e. The number of hydrogen-bond donors (Lipinski definition) is 2. The smallest absolute Gasteiger partial charge is 0.264 e. The van der Waals surface area contributed by atoms with Gasteiger partial charge in [0.05, 0.1) is 11.6 Å². The monoisotopic (exact) mass is 251 g/mol. The Hall–Kier alpha value is -2.64. The summed E-state index contributed by atoms with van der Waals surface area (Å²) in [4.78, 5) is 11.3. The van der Waals surface area contributed by atoms with Crippen LogP contribution in [-0.4, -0.2) is 5.91 Å². The zero-order chi connectivity index (χ0) is 13.7. The molecule has 0 unspecified atom stereocenters. The number of carbonyl (C=O) groups excluding carboxylic acids is 1. The number of nitrogens with zero attached hydrogens (tertiary/aromatic N) is 1. The van der Waals surface area contributed by atoms with Crippen LogP contribution >= 0.6 is 0 Å². The highest BCUT2D eigenvalue weighted by atomic mass is 16.2. The van der Waals surface area contributed by atoms with Crippen LogP contribution < -0.4 is 11.3 Å². The highest BCUT2D eigenvalue weighted by Gasteiger charge is 2.07. The lowest BCUT2D eigenvalue weighted by atomic mass is 9.99. The standard InChI is InChI=1S/C15H13N3O/c16-10-13-3-1-11(2-4-13)9-12-5-7-14(8-6-12)15(19)18-17/h1-5,7-9H,6,17H2,(H,18,19). The summed E-state index contributed by atoms with van der Waals surface area (Å²) in [6.07, 6.45) is 8.16. The van der Waals surface area contributed by atoms with Crippen molar-refractivity contribution in [3.05, 3.63) is 64.8 Å². The van der Waals surface area contributed by atoms with Crippen molar-refractivity contribution in [3.8, 4) is 6.07 Å². The van der Waals surface area contributed by atoms with Gasteiger partial charge in [0.1, 0.15) is 0 Å².